The van der Waals surface area contributed by atoms with Gasteiger partial charge in [0, 0.05) is 25.6 Å². The summed E-state index contributed by atoms with van der Waals surface area (Å²) in [6, 6.07) is 1.85. The summed E-state index contributed by atoms with van der Waals surface area (Å²) in [6.07, 6.45) is 3.32. The van der Waals surface area contributed by atoms with Crippen LogP contribution in [-0.4, -0.2) is 59.9 Å². The number of unbranched alkanes of at least 4 members (excludes halogenated alkanes) is 1. The van der Waals surface area contributed by atoms with Crippen molar-refractivity contribution in [3.8, 4) is 17.2 Å². The van der Waals surface area contributed by atoms with Gasteiger partial charge in [0.15, 0.2) is 17.3 Å². The van der Waals surface area contributed by atoms with E-state index in [0.717, 1.165) is 30.6 Å². The highest BCUT2D eigenvalue weighted by atomic mass is 16.5. The number of methoxy groups -OCH3 is 3. The van der Waals surface area contributed by atoms with Crippen molar-refractivity contribution in [2.24, 2.45) is 5.92 Å². The number of nitrogens with zero attached hydrogens (tertiary/aromatic N) is 4. The molecule has 0 aliphatic carbocycles. The molecule has 3 aromatic rings. The summed E-state index contributed by atoms with van der Waals surface area (Å²) in [5, 5.41) is 14.9. The van der Waals surface area contributed by atoms with Gasteiger partial charge in [0.2, 0.25) is 17.3 Å². The zero-order chi connectivity index (χ0) is 24.0. The van der Waals surface area contributed by atoms with Crippen molar-refractivity contribution in [2.45, 2.75) is 46.5 Å². The van der Waals surface area contributed by atoms with Crippen LogP contribution < -0.4 is 24.8 Å². The van der Waals surface area contributed by atoms with E-state index in [1.807, 2.05) is 17.4 Å². The average Bonchev–Trinajstić information content (AvgIpc) is 3.21. The fraction of sp³-hybridized carbons (Fsp3) is 0.565. The van der Waals surface area contributed by atoms with Gasteiger partial charge >= 0.3 is 0 Å². The first kappa shape index (κ1) is 24.3. The van der Waals surface area contributed by atoms with E-state index in [2.05, 4.69) is 34.7 Å². The van der Waals surface area contributed by atoms with Crippen molar-refractivity contribution in [2.75, 3.05) is 39.7 Å². The number of hydrogen-bond acceptors (Lipinski definition) is 8. The van der Waals surface area contributed by atoms with Gasteiger partial charge < -0.3 is 24.8 Å². The summed E-state index contributed by atoms with van der Waals surface area (Å²) >= 11 is 0. The minimum atomic E-state index is 0.116. The third-order valence-electron chi connectivity index (χ3n) is 5.73. The van der Waals surface area contributed by atoms with Crippen LogP contribution in [0.25, 0.3) is 16.7 Å². The molecule has 0 aliphatic rings. The highest BCUT2D eigenvalue weighted by molar-refractivity contribution is 5.91. The number of carbonyl (C=O) groups is 1. The third kappa shape index (κ3) is 5.20. The molecule has 2 N–H and O–H groups in total. The predicted molar refractivity (Wildman–Crippen MR) is 127 cm³/mol. The largest absolute Gasteiger partial charge is 0.493 e. The lowest BCUT2D eigenvalue weighted by molar-refractivity contribution is -0.121. The molecular formula is C23H34N6O4. The molecule has 1 atom stereocenters. The van der Waals surface area contributed by atoms with Gasteiger partial charge in [-0.1, -0.05) is 20.3 Å². The van der Waals surface area contributed by atoms with Crippen LogP contribution in [0.4, 0.5) is 5.82 Å². The molecule has 0 bridgehead atoms. The Labute approximate surface area is 194 Å². The van der Waals surface area contributed by atoms with E-state index in [4.69, 9.17) is 19.2 Å². The van der Waals surface area contributed by atoms with E-state index in [1.165, 1.54) is 0 Å². The average molecular weight is 459 g/mol. The molecule has 0 aliphatic heterocycles. The Morgan fingerprint density at radius 2 is 1.82 bits per heavy atom. The summed E-state index contributed by atoms with van der Waals surface area (Å²) in [6.45, 7) is 7.41. The zero-order valence-electron chi connectivity index (χ0n) is 20.3. The van der Waals surface area contributed by atoms with Gasteiger partial charge in [-0.05, 0) is 25.7 Å². The molecule has 1 amide bonds. The second kappa shape index (κ2) is 11.0. The lowest BCUT2D eigenvalue weighted by Gasteiger charge is -2.16. The number of aromatic nitrogens is 4. The summed E-state index contributed by atoms with van der Waals surface area (Å²) in [5.74, 6) is 3.35. The van der Waals surface area contributed by atoms with E-state index in [0.29, 0.717) is 59.7 Å². The number of rotatable bonds is 12. The molecule has 2 heterocycles. The van der Waals surface area contributed by atoms with Crippen LogP contribution in [0.5, 0.6) is 17.2 Å². The fourth-order valence-electron chi connectivity index (χ4n) is 3.71. The molecule has 0 fully saturated rings. The highest BCUT2D eigenvalue weighted by Crippen LogP contribution is 2.43. The molecule has 0 spiro atoms. The number of fused-ring (bicyclic) bond motifs is 3. The van der Waals surface area contributed by atoms with Crippen LogP contribution in [0.2, 0.25) is 0 Å². The smallest absolute Gasteiger partial charge is 0.220 e. The summed E-state index contributed by atoms with van der Waals surface area (Å²) in [7, 11) is 4.72. The highest BCUT2D eigenvalue weighted by Gasteiger charge is 2.22. The number of amides is 1. The molecule has 180 valence electrons. The summed E-state index contributed by atoms with van der Waals surface area (Å²) in [5.41, 5.74) is 2.00. The first-order chi connectivity index (χ1) is 15.9. The second-order valence-corrected chi connectivity index (χ2v) is 8.08. The van der Waals surface area contributed by atoms with Crippen molar-refractivity contribution in [3.05, 3.63) is 11.9 Å². The molecule has 10 nitrogen and oxygen atoms in total. The Bertz CT molecular complexity index is 1110. The van der Waals surface area contributed by atoms with E-state index < -0.39 is 0 Å². The van der Waals surface area contributed by atoms with Crippen molar-refractivity contribution in [3.63, 3.8) is 0 Å². The molecule has 33 heavy (non-hydrogen) atoms. The van der Waals surface area contributed by atoms with Crippen LogP contribution in [-0.2, 0) is 4.79 Å². The molecule has 0 radical (unpaired) electrons. The lowest BCUT2D eigenvalue weighted by Crippen LogP contribution is -2.26. The minimum absolute atomic E-state index is 0.116. The van der Waals surface area contributed by atoms with Crippen molar-refractivity contribution >= 4 is 28.4 Å². The van der Waals surface area contributed by atoms with Crippen LogP contribution in [0.3, 0.4) is 0 Å². The van der Waals surface area contributed by atoms with Gasteiger partial charge in [-0.25, -0.2) is 4.98 Å². The van der Waals surface area contributed by atoms with Gasteiger partial charge in [0.05, 0.1) is 26.8 Å². The van der Waals surface area contributed by atoms with E-state index >= 15 is 0 Å². The number of benzene rings is 1. The third-order valence-corrected chi connectivity index (χ3v) is 5.73. The van der Waals surface area contributed by atoms with Crippen molar-refractivity contribution in [1.82, 2.24) is 24.9 Å². The first-order valence-corrected chi connectivity index (χ1v) is 11.3. The molecule has 2 aromatic heterocycles. The second-order valence-electron chi connectivity index (χ2n) is 8.08. The standard InChI is InChI=1S/C23H34N6O4/c1-7-14(2)12-18(30)24-10-8-9-11-25-22-23-28-27-15(3)29(23)16-13-17(31-4)20(32-5)21(33-6)19(16)26-22/h13-14H,7-12H2,1-6H3,(H,24,30)(H,25,26). The SMILES string of the molecule is CCC(C)CC(=O)NCCCCNc1nc2c(OC)c(OC)c(OC)cc2n2c(C)nnc12. The first-order valence-electron chi connectivity index (χ1n) is 11.3. The van der Waals surface area contributed by atoms with Crippen molar-refractivity contribution in [1.29, 1.82) is 0 Å². The van der Waals surface area contributed by atoms with Crippen LogP contribution >= 0.6 is 0 Å². The number of ether oxygens (including phenoxy) is 3. The number of carbonyl (C=O) groups excluding carboxylic acids is 1. The fourth-order valence-corrected chi connectivity index (χ4v) is 3.71. The molecule has 0 saturated carbocycles. The molecule has 3 rings (SSSR count). The number of anilines is 1. The number of hydrogen-bond donors (Lipinski definition) is 2. The Morgan fingerprint density at radius 1 is 1.09 bits per heavy atom. The maximum absolute atomic E-state index is 11.9. The zero-order valence-corrected chi connectivity index (χ0v) is 20.3. The number of nitrogens with one attached hydrogen (secondary N) is 2. The Hall–Kier alpha value is -3.30. The van der Waals surface area contributed by atoms with Gasteiger partial charge in [-0.2, -0.15) is 0 Å². The summed E-state index contributed by atoms with van der Waals surface area (Å²) < 4.78 is 18.6. The predicted octanol–water partition coefficient (Wildman–Crippen LogP) is 3.36. The monoisotopic (exact) mass is 458 g/mol. The molecule has 0 saturated heterocycles. The molecule has 1 aromatic carbocycles. The topological polar surface area (TPSA) is 112 Å². The maximum atomic E-state index is 11.9. The van der Waals surface area contributed by atoms with Gasteiger partial charge in [-0.15, -0.1) is 10.2 Å². The maximum Gasteiger partial charge on any atom is 0.220 e. The van der Waals surface area contributed by atoms with Gasteiger partial charge in [-0.3, -0.25) is 9.20 Å². The number of aryl methyl sites for hydroxylation is 1. The normalized spacial score (nSPS) is 12.1. The van der Waals surface area contributed by atoms with E-state index in [-0.39, 0.29) is 5.91 Å². The lowest BCUT2D eigenvalue weighted by atomic mass is 10.1. The quantitative estimate of drug-likeness (QED) is 0.398. The van der Waals surface area contributed by atoms with Crippen molar-refractivity contribution < 1.29 is 19.0 Å². The minimum Gasteiger partial charge on any atom is -0.493 e. The molecular weight excluding hydrogens is 424 g/mol. The molecule has 1 unspecified atom stereocenters. The summed E-state index contributed by atoms with van der Waals surface area (Å²) in [4.78, 5) is 16.7. The Balaban J connectivity index is 1.77. The van der Waals surface area contributed by atoms with Gasteiger partial charge in [0.1, 0.15) is 11.3 Å². The Morgan fingerprint density at radius 3 is 2.48 bits per heavy atom. The van der Waals surface area contributed by atoms with Gasteiger partial charge in [0.25, 0.3) is 0 Å². The molecule has 10 heteroatoms. The van der Waals surface area contributed by atoms with E-state index in [9.17, 15) is 4.79 Å². The van der Waals surface area contributed by atoms with Crippen LogP contribution in [0, 0.1) is 12.8 Å². The van der Waals surface area contributed by atoms with Crippen LogP contribution in [0.1, 0.15) is 45.4 Å². The Kier molecular flexibility index (Phi) is 8.13. The van der Waals surface area contributed by atoms with Crippen LogP contribution in [0.15, 0.2) is 6.07 Å². The van der Waals surface area contributed by atoms with E-state index in [1.54, 1.807) is 21.3 Å².